The van der Waals surface area contributed by atoms with Gasteiger partial charge in [0.2, 0.25) is 0 Å². The van der Waals surface area contributed by atoms with E-state index in [4.69, 9.17) is 0 Å². The fraction of sp³-hybridized carbons (Fsp3) is 0.647. The fourth-order valence-electron chi connectivity index (χ4n) is 3.15. The Morgan fingerprint density at radius 1 is 1.06 bits per heavy atom. The highest BCUT2D eigenvalue weighted by atomic mass is 32.2. The molecule has 0 atom stereocenters. The van der Waals surface area contributed by atoms with Gasteiger partial charge in [-0.2, -0.15) is 0 Å². The minimum atomic E-state index is 0.832. The van der Waals surface area contributed by atoms with Crippen molar-refractivity contribution in [2.75, 3.05) is 6.26 Å². The van der Waals surface area contributed by atoms with Gasteiger partial charge < -0.3 is 0 Å². The first kappa shape index (κ1) is 14.0. The smallest absolute Gasteiger partial charge is 0.00693 e. The summed E-state index contributed by atoms with van der Waals surface area (Å²) in [6, 6.07) is 9.26. The average molecular weight is 262 g/mol. The van der Waals surface area contributed by atoms with E-state index in [2.05, 4.69) is 37.4 Å². The highest BCUT2D eigenvalue weighted by molar-refractivity contribution is 7.98. The zero-order valence-electron chi connectivity index (χ0n) is 11.8. The first-order chi connectivity index (χ1) is 8.83. The fourth-order valence-corrected chi connectivity index (χ4v) is 3.56. The van der Waals surface area contributed by atoms with Crippen molar-refractivity contribution in [3.8, 4) is 0 Å². The number of unbranched alkanes of at least 4 members (excludes halogenated alkanes) is 1. The lowest BCUT2D eigenvalue weighted by Gasteiger charge is -2.28. The molecular formula is C17H26S. The summed E-state index contributed by atoms with van der Waals surface area (Å²) in [6.45, 7) is 2.30. The van der Waals surface area contributed by atoms with Crippen molar-refractivity contribution >= 4 is 11.8 Å². The second kappa shape index (κ2) is 7.23. The molecule has 18 heavy (non-hydrogen) atoms. The van der Waals surface area contributed by atoms with Crippen molar-refractivity contribution in [2.45, 2.75) is 62.7 Å². The Morgan fingerprint density at radius 3 is 2.28 bits per heavy atom. The molecule has 0 saturated heterocycles. The second-order valence-corrected chi connectivity index (χ2v) is 6.51. The zero-order chi connectivity index (χ0) is 12.8. The Morgan fingerprint density at radius 2 is 1.72 bits per heavy atom. The molecule has 1 heteroatoms. The molecule has 2 rings (SSSR count). The lowest BCUT2D eigenvalue weighted by atomic mass is 9.77. The molecule has 1 aliphatic carbocycles. The van der Waals surface area contributed by atoms with Gasteiger partial charge in [0.25, 0.3) is 0 Å². The van der Waals surface area contributed by atoms with Crippen molar-refractivity contribution in [3.63, 3.8) is 0 Å². The third-order valence-electron chi connectivity index (χ3n) is 4.40. The maximum atomic E-state index is 2.35. The van der Waals surface area contributed by atoms with Crippen molar-refractivity contribution in [1.29, 1.82) is 0 Å². The van der Waals surface area contributed by atoms with Crippen LogP contribution >= 0.6 is 11.8 Å². The van der Waals surface area contributed by atoms with Crippen molar-refractivity contribution in [3.05, 3.63) is 29.8 Å². The molecule has 1 aromatic carbocycles. The molecule has 0 nitrogen and oxygen atoms in total. The number of rotatable bonds is 5. The minimum Gasteiger partial charge on any atom is -0.130 e. The summed E-state index contributed by atoms with van der Waals surface area (Å²) >= 11 is 1.83. The molecule has 0 unspecified atom stereocenters. The van der Waals surface area contributed by atoms with Crippen molar-refractivity contribution < 1.29 is 0 Å². The Labute approximate surface area is 117 Å². The van der Waals surface area contributed by atoms with Crippen LogP contribution in [-0.2, 0) is 0 Å². The molecule has 1 aromatic rings. The van der Waals surface area contributed by atoms with Crippen LogP contribution in [0.5, 0.6) is 0 Å². The van der Waals surface area contributed by atoms with Gasteiger partial charge in [0.15, 0.2) is 0 Å². The van der Waals surface area contributed by atoms with Crippen LogP contribution in [0.4, 0.5) is 0 Å². The van der Waals surface area contributed by atoms with Gasteiger partial charge in [0.1, 0.15) is 0 Å². The Bertz CT molecular complexity index is 333. The van der Waals surface area contributed by atoms with E-state index in [1.165, 1.54) is 49.8 Å². The standard InChI is InChI=1S/C17H26S/c1-3-4-5-14-6-8-15(9-7-14)16-10-12-17(18-2)13-11-16/h10-15H,3-9H2,1-2H3. The highest BCUT2D eigenvalue weighted by Crippen LogP contribution is 2.37. The highest BCUT2D eigenvalue weighted by Gasteiger charge is 2.21. The summed E-state index contributed by atoms with van der Waals surface area (Å²) in [7, 11) is 0. The molecule has 1 saturated carbocycles. The summed E-state index contributed by atoms with van der Waals surface area (Å²) in [6.07, 6.45) is 12.1. The quantitative estimate of drug-likeness (QED) is 0.598. The molecule has 1 aliphatic rings. The Balaban J connectivity index is 1.84. The van der Waals surface area contributed by atoms with Crippen LogP contribution < -0.4 is 0 Å². The van der Waals surface area contributed by atoms with E-state index in [0.29, 0.717) is 0 Å². The maximum Gasteiger partial charge on any atom is 0.00693 e. The predicted octanol–water partition coefficient (Wildman–Crippen LogP) is 5.87. The van der Waals surface area contributed by atoms with E-state index < -0.39 is 0 Å². The maximum absolute atomic E-state index is 2.35. The van der Waals surface area contributed by atoms with Gasteiger partial charge in [-0.15, -0.1) is 11.8 Å². The molecule has 0 aromatic heterocycles. The molecule has 0 aliphatic heterocycles. The molecule has 0 bridgehead atoms. The van der Waals surface area contributed by atoms with E-state index in [1.807, 2.05) is 11.8 Å². The Hall–Kier alpha value is -0.430. The molecule has 100 valence electrons. The molecule has 0 N–H and O–H groups in total. The van der Waals surface area contributed by atoms with Crippen LogP contribution in [-0.4, -0.2) is 6.26 Å². The summed E-state index contributed by atoms with van der Waals surface area (Å²) in [4.78, 5) is 1.38. The third-order valence-corrected chi connectivity index (χ3v) is 5.14. The number of thioether (sulfide) groups is 1. The molecular weight excluding hydrogens is 236 g/mol. The summed E-state index contributed by atoms with van der Waals surface area (Å²) in [5.74, 6) is 1.85. The van der Waals surface area contributed by atoms with Crippen LogP contribution in [0.3, 0.4) is 0 Å². The van der Waals surface area contributed by atoms with E-state index in [0.717, 1.165) is 11.8 Å². The molecule has 0 spiro atoms. The van der Waals surface area contributed by atoms with Crippen LogP contribution in [0, 0.1) is 5.92 Å². The first-order valence-corrected chi connectivity index (χ1v) is 8.70. The largest absolute Gasteiger partial charge is 0.130 e. The topological polar surface area (TPSA) is 0 Å². The second-order valence-electron chi connectivity index (χ2n) is 5.63. The van der Waals surface area contributed by atoms with Gasteiger partial charge in [-0.25, -0.2) is 0 Å². The first-order valence-electron chi connectivity index (χ1n) is 7.47. The van der Waals surface area contributed by atoms with Gasteiger partial charge >= 0.3 is 0 Å². The normalized spacial score (nSPS) is 24.1. The SMILES string of the molecule is CCCCC1CCC(c2ccc(SC)cc2)CC1. The van der Waals surface area contributed by atoms with Gasteiger partial charge in [0.05, 0.1) is 0 Å². The number of hydrogen-bond acceptors (Lipinski definition) is 1. The van der Waals surface area contributed by atoms with Crippen molar-refractivity contribution in [2.24, 2.45) is 5.92 Å². The van der Waals surface area contributed by atoms with Gasteiger partial charge in [0, 0.05) is 4.90 Å². The van der Waals surface area contributed by atoms with E-state index in [9.17, 15) is 0 Å². The van der Waals surface area contributed by atoms with Crippen LogP contribution in [0.25, 0.3) is 0 Å². The van der Waals surface area contributed by atoms with Crippen LogP contribution in [0.1, 0.15) is 63.4 Å². The predicted molar refractivity (Wildman–Crippen MR) is 82.4 cm³/mol. The van der Waals surface area contributed by atoms with E-state index >= 15 is 0 Å². The van der Waals surface area contributed by atoms with Crippen molar-refractivity contribution in [1.82, 2.24) is 0 Å². The molecule has 0 radical (unpaired) electrons. The lowest BCUT2D eigenvalue weighted by Crippen LogP contribution is -2.13. The zero-order valence-corrected chi connectivity index (χ0v) is 12.6. The number of hydrogen-bond donors (Lipinski definition) is 0. The minimum absolute atomic E-state index is 0.832. The third kappa shape index (κ3) is 3.78. The van der Waals surface area contributed by atoms with Gasteiger partial charge in [-0.3, -0.25) is 0 Å². The molecule has 0 amide bonds. The molecule has 0 heterocycles. The monoisotopic (exact) mass is 262 g/mol. The summed E-state index contributed by atoms with van der Waals surface area (Å²) in [5.41, 5.74) is 1.57. The Kier molecular flexibility index (Phi) is 5.62. The van der Waals surface area contributed by atoms with Crippen LogP contribution in [0.15, 0.2) is 29.2 Å². The summed E-state index contributed by atoms with van der Waals surface area (Å²) < 4.78 is 0. The van der Waals surface area contributed by atoms with Gasteiger partial charge in [-0.1, -0.05) is 38.3 Å². The molecule has 1 fully saturated rings. The number of benzene rings is 1. The average Bonchev–Trinajstić information content (AvgIpc) is 2.46. The summed E-state index contributed by atoms with van der Waals surface area (Å²) in [5, 5.41) is 0. The van der Waals surface area contributed by atoms with Gasteiger partial charge in [-0.05, 0) is 61.5 Å². The van der Waals surface area contributed by atoms with E-state index in [1.54, 1.807) is 5.56 Å². The lowest BCUT2D eigenvalue weighted by molar-refractivity contribution is 0.304. The van der Waals surface area contributed by atoms with E-state index in [-0.39, 0.29) is 0 Å². The van der Waals surface area contributed by atoms with Crippen LogP contribution in [0.2, 0.25) is 0 Å².